The molecule has 0 bridgehead atoms. The van der Waals surface area contributed by atoms with Gasteiger partial charge in [-0.15, -0.1) is 0 Å². The number of carbonyl (C=O) groups excluding carboxylic acids is 2. The maximum atomic E-state index is 13.3. The van der Waals surface area contributed by atoms with Crippen molar-refractivity contribution < 1.29 is 14.3 Å². The summed E-state index contributed by atoms with van der Waals surface area (Å²) >= 11 is 0. The van der Waals surface area contributed by atoms with E-state index in [-0.39, 0.29) is 24.1 Å². The Bertz CT molecular complexity index is 1120. The molecule has 0 radical (unpaired) electrons. The lowest BCUT2D eigenvalue weighted by Crippen LogP contribution is -2.50. The number of fused-ring (bicyclic) bond motifs is 1. The van der Waals surface area contributed by atoms with Crippen molar-refractivity contribution in [2.24, 2.45) is 5.92 Å². The molecule has 2 aromatic rings. The molecule has 1 unspecified atom stereocenters. The second-order valence-electron chi connectivity index (χ2n) is 12.3. The topological polar surface area (TPSA) is 61.9 Å². The molecule has 222 valence electrons. The summed E-state index contributed by atoms with van der Waals surface area (Å²) in [7, 11) is 0. The van der Waals surface area contributed by atoms with Crippen molar-refractivity contribution in [2.45, 2.75) is 109 Å². The average molecular weight is 560 g/mol. The molecule has 3 aliphatic rings. The third-order valence-electron chi connectivity index (χ3n) is 9.30. The number of carbonyl (C=O) groups is 2. The monoisotopic (exact) mass is 559 g/mol. The predicted octanol–water partition coefficient (Wildman–Crippen LogP) is 7.12. The van der Waals surface area contributed by atoms with Gasteiger partial charge in [0.2, 0.25) is 5.91 Å². The minimum Gasteiger partial charge on any atom is -0.475 e. The number of amides is 2. The van der Waals surface area contributed by atoms with Crippen molar-refractivity contribution in [3.05, 3.63) is 59.7 Å². The van der Waals surface area contributed by atoms with Crippen LogP contribution in [-0.2, 0) is 11.2 Å². The largest absolute Gasteiger partial charge is 0.475 e. The van der Waals surface area contributed by atoms with E-state index in [1.54, 1.807) is 0 Å². The van der Waals surface area contributed by atoms with Crippen LogP contribution in [-0.4, -0.2) is 48.6 Å². The van der Waals surface area contributed by atoms with Gasteiger partial charge in [0.25, 0.3) is 5.91 Å². The van der Waals surface area contributed by atoms with E-state index in [2.05, 4.69) is 24.4 Å². The summed E-state index contributed by atoms with van der Waals surface area (Å²) in [5.41, 5.74) is 3.00. The number of anilines is 1. The number of rotatable bonds is 10. The fourth-order valence-electron chi connectivity index (χ4n) is 6.84. The quantitative estimate of drug-likeness (QED) is 0.315. The predicted molar refractivity (Wildman–Crippen MR) is 165 cm³/mol. The summed E-state index contributed by atoms with van der Waals surface area (Å²) in [4.78, 5) is 30.1. The fraction of sp³-hybridized carbons (Fsp3) is 0.600. The summed E-state index contributed by atoms with van der Waals surface area (Å²) in [6.07, 6.45) is 15.8. The lowest BCUT2D eigenvalue weighted by atomic mass is 9.91. The second kappa shape index (κ2) is 14.9. The number of nitrogens with zero attached hydrogens (tertiary/aromatic N) is 2. The van der Waals surface area contributed by atoms with Crippen molar-refractivity contribution >= 4 is 17.5 Å². The molecule has 2 amide bonds. The van der Waals surface area contributed by atoms with Crippen molar-refractivity contribution in [3.8, 4) is 5.75 Å². The lowest BCUT2D eigenvalue weighted by Gasteiger charge is -2.41. The highest BCUT2D eigenvalue weighted by atomic mass is 16.5. The van der Waals surface area contributed by atoms with Gasteiger partial charge in [0, 0.05) is 43.3 Å². The Hall–Kier alpha value is -2.86. The number of hydrogen-bond donors (Lipinski definition) is 1. The third-order valence-corrected chi connectivity index (χ3v) is 9.30. The van der Waals surface area contributed by atoms with E-state index >= 15 is 0 Å². The first-order valence-corrected chi connectivity index (χ1v) is 16.3. The molecule has 1 saturated carbocycles. The molecule has 2 heterocycles. The highest BCUT2D eigenvalue weighted by Gasteiger charge is 2.33. The minimum absolute atomic E-state index is 0.00333. The number of nitrogens with one attached hydrogen (secondary N) is 1. The zero-order valence-corrected chi connectivity index (χ0v) is 25.0. The van der Waals surface area contributed by atoms with Crippen LogP contribution in [0.4, 0.5) is 5.69 Å². The SMILES string of the molecule is CCCCC(NCC1CCCCCCC1)Oc1ccc(C(=O)N2CCC(N3C(=O)CCc4ccccc43)CC2)cc1. The van der Waals surface area contributed by atoms with Crippen LogP contribution < -0.4 is 15.0 Å². The van der Waals surface area contributed by atoms with E-state index in [4.69, 9.17) is 4.74 Å². The van der Waals surface area contributed by atoms with E-state index in [0.29, 0.717) is 25.1 Å². The minimum atomic E-state index is 0.00333. The molecule has 2 aliphatic heterocycles. The number of unbranched alkanes of at least 4 members (excludes halogenated alkanes) is 1. The first kappa shape index (κ1) is 29.6. The normalized spacial score (nSPS) is 19.8. The molecule has 1 aliphatic carbocycles. The molecule has 6 nitrogen and oxygen atoms in total. The van der Waals surface area contributed by atoms with E-state index < -0.39 is 0 Å². The van der Waals surface area contributed by atoms with E-state index in [0.717, 1.165) is 62.4 Å². The standard InChI is InChI=1S/C35H49N3O3/c1-2-3-15-33(36-26-27-11-7-5-4-6-8-12-27)41-31-19-16-29(17-20-31)35(40)37-24-22-30(23-25-37)38-32-14-10-9-13-28(32)18-21-34(38)39/h9-10,13-14,16-17,19-20,27,30,33,36H,2-8,11-12,15,18,21-26H2,1H3. The average Bonchev–Trinajstić information content (AvgIpc) is 2.99. The van der Waals surface area contributed by atoms with Crippen LogP contribution in [0.25, 0.3) is 0 Å². The van der Waals surface area contributed by atoms with Crippen molar-refractivity contribution in [2.75, 3.05) is 24.5 Å². The second-order valence-corrected chi connectivity index (χ2v) is 12.3. The summed E-state index contributed by atoms with van der Waals surface area (Å²) in [6.45, 7) is 4.57. The Morgan fingerprint density at radius 1 is 0.927 bits per heavy atom. The number of hydrogen-bond acceptors (Lipinski definition) is 4. The van der Waals surface area contributed by atoms with Gasteiger partial charge < -0.3 is 14.5 Å². The van der Waals surface area contributed by atoms with Crippen LogP contribution in [0.2, 0.25) is 0 Å². The van der Waals surface area contributed by atoms with Crippen molar-refractivity contribution in [1.29, 1.82) is 0 Å². The van der Waals surface area contributed by atoms with Gasteiger partial charge >= 0.3 is 0 Å². The lowest BCUT2D eigenvalue weighted by molar-refractivity contribution is -0.119. The Kier molecular flexibility index (Phi) is 10.7. The maximum absolute atomic E-state index is 13.3. The van der Waals surface area contributed by atoms with Crippen LogP contribution in [0.1, 0.15) is 106 Å². The van der Waals surface area contributed by atoms with E-state index in [1.807, 2.05) is 46.2 Å². The molecular formula is C35H49N3O3. The van der Waals surface area contributed by atoms with Crippen LogP contribution >= 0.6 is 0 Å². The number of ether oxygens (including phenoxy) is 1. The Morgan fingerprint density at radius 3 is 2.37 bits per heavy atom. The Morgan fingerprint density at radius 2 is 1.63 bits per heavy atom. The first-order valence-electron chi connectivity index (χ1n) is 16.3. The van der Waals surface area contributed by atoms with E-state index in [1.165, 1.54) is 50.5 Å². The molecule has 5 rings (SSSR count). The molecule has 1 saturated heterocycles. The number of para-hydroxylation sites is 1. The molecular weight excluding hydrogens is 510 g/mol. The van der Waals surface area contributed by atoms with Gasteiger partial charge in [-0.05, 0) is 86.8 Å². The highest BCUT2D eigenvalue weighted by molar-refractivity contribution is 5.97. The summed E-state index contributed by atoms with van der Waals surface area (Å²) in [5.74, 6) is 1.83. The number of piperidine rings is 1. The van der Waals surface area contributed by atoms with Crippen LogP contribution in [0.3, 0.4) is 0 Å². The number of likely N-dealkylation sites (tertiary alicyclic amines) is 1. The Balaban J connectivity index is 1.13. The molecule has 0 aromatic heterocycles. The van der Waals surface area contributed by atoms with Crippen LogP contribution in [0.5, 0.6) is 5.75 Å². The van der Waals surface area contributed by atoms with Gasteiger partial charge in [-0.2, -0.15) is 0 Å². The van der Waals surface area contributed by atoms with Gasteiger partial charge in [-0.25, -0.2) is 0 Å². The zero-order valence-electron chi connectivity index (χ0n) is 25.0. The van der Waals surface area contributed by atoms with E-state index in [9.17, 15) is 9.59 Å². The summed E-state index contributed by atoms with van der Waals surface area (Å²) in [6, 6.07) is 16.1. The highest BCUT2D eigenvalue weighted by Crippen LogP contribution is 2.32. The van der Waals surface area contributed by atoms with Crippen molar-refractivity contribution in [1.82, 2.24) is 10.2 Å². The first-order chi connectivity index (χ1) is 20.1. The summed E-state index contributed by atoms with van der Waals surface area (Å²) in [5, 5.41) is 3.73. The number of aryl methyl sites for hydroxylation is 1. The van der Waals surface area contributed by atoms with Gasteiger partial charge in [0.05, 0.1) is 0 Å². The van der Waals surface area contributed by atoms with Gasteiger partial charge in [0.1, 0.15) is 12.0 Å². The molecule has 1 N–H and O–H groups in total. The summed E-state index contributed by atoms with van der Waals surface area (Å²) < 4.78 is 6.39. The molecule has 2 aromatic carbocycles. The maximum Gasteiger partial charge on any atom is 0.253 e. The fourth-order valence-corrected chi connectivity index (χ4v) is 6.84. The van der Waals surface area contributed by atoms with Gasteiger partial charge in [0.15, 0.2) is 0 Å². The molecule has 1 atom stereocenters. The number of benzene rings is 2. The van der Waals surface area contributed by atoms with Gasteiger partial charge in [-0.3, -0.25) is 14.9 Å². The Labute approximate surface area is 246 Å². The molecule has 41 heavy (non-hydrogen) atoms. The van der Waals surface area contributed by atoms with Gasteiger partial charge in [-0.1, -0.05) is 63.6 Å². The third kappa shape index (κ3) is 7.91. The molecule has 0 spiro atoms. The van der Waals surface area contributed by atoms with Crippen LogP contribution in [0, 0.1) is 5.92 Å². The van der Waals surface area contributed by atoms with Crippen LogP contribution in [0.15, 0.2) is 48.5 Å². The molecule has 6 heteroatoms. The zero-order chi connectivity index (χ0) is 28.4. The molecule has 2 fully saturated rings. The smallest absolute Gasteiger partial charge is 0.253 e. The van der Waals surface area contributed by atoms with Crippen molar-refractivity contribution in [3.63, 3.8) is 0 Å².